The van der Waals surface area contributed by atoms with Gasteiger partial charge < -0.3 is 5.32 Å². The van der Waals surface area contributed by atoms with E-state index in [1.54, 1.807) is 0 Å². The van der Waals surface area contributed by atoms with Crippen LogP contribution in [0.4, 0.5) is 0 Å². The smallest absolute Gasteiger partial charge is 0.0301 e. The van der Waals surface area contributed by atoms with E-state index >= 15 is 0 Å². The standard InChI is InChI=1S/C8H14N4.ClH/c9-12-11-4-7-3-10-5-8(7)6-1-2-6;/h6-8,10H,1-5H2;1H. The van der Waals surface area contributed by atoms with Gasteiger partial charge in [-0.25, -0.2) is 0 Å². The largest absolute Gasteiger partial charge is 0.316 e. The van der Waals surface area contributed by atoms with Gasteiger partial charge in [0.15, 0.2) is 0 Å². The van der Waals surface area contributed by atoms with Crippen LogP contribution >= 0.6 is 12.4 Å². The zero-order chi connectivity index (χ0) is 8.39. The second kappa shape index (κ2) is 4.70. The number of halogens is 1. The van der Waals surface area contributed by atoms with Crippen molar-refractivity contribution in [2.45, 2.75) is 12.8 Å². The summed E-state index contributed by atoms with van der Waals surface area (Å²) in [6.45, 7) is 2.86. The van der Waals surface area contributed by atoms with Crippen LogP contribution < -0.4 is 5.32 Å². The Bertz CT molecular complexity index is 210. The van der Waals surface area contributed by atoms with Gasteiger partial charge in [0.1, 0.15) is 0 Å². The predicted octanol–water partition coefficient (Wildman–Crippen LogP) is 1.96. The molecule has 0 bridgehead atoms. The van der Waals surface area contributed by atoms with E-state index in [1.165, 1.54) is 12.8 Å². The van der Waals surface area contributed by atoms with Crippen molar-refractivity contribution in [1.29, 1.82) is 0 Å². The second-order valence-corrected chi connectivity index (χ2v) is 3.83. The summed E-state index contributed by atoms with van der Waals surface area (Å²) in [5, 5.41) is 7.02. The minimum atomic E-state index is 0. The molecular weight excluding hydrogens is 188 g/mol. The van der Waals surface area contributed by atoms with Gasteiger partial charge in [-0.1, -0.05) is 5.11 Å². The predicted molar refractivity (Wildman–Crippen MR) is 53.8 cm³/mol. The molecule has 0 amide bonds. The summed E-state index contributed by atoms with van der Waals surface area (Å²) < 4.78 is 0. The lowest BCUT2D eigenvalue weighted by molar-refractivity contribution is 0.382. The molecule has 1 N–H and O–H groups in total. The first-order valence-electron chi connectivity index (χ1n) is 4.63. The Morgan fingerprint density at radius 1 is 1.38 bits per heavy atom. The molecule has 5 heteroatoms. The lowest BCUT2D eigenvalue weighted by atomic mass is 9.92. The summed E-state index contributed by atoms with van der Waals surface area (Å²) in [7, 11) is 0. The van der Waals surface area contributed by atoms with Crippen LogP contribution in [0.3, 0.4) is 0 Å². The average Bonchev–Trinajstić information content (AvgIpc) is 2.83. The third-order valence-corrected chi connectivity index (χ3v) is 3.00. The monoisotopic (exact) mass is 202 g/mol. The van der Waals surface area contributed by atoms with Crippen LogP contribution in [-0.2, 0) is 0 Å². The highest BCUT2D eigenvalue weighted by atomic mass is 35.5. The number of hydrogen-bond acceptors (Lipinski definition) is 2. The lowest BCUT2D eigenvalue weighted by Gasteiger charge is -2.14. The molecule has 1 heterocycles. The van der Waals surface area contributed by atoms with E-state index in [9.17, 15) is 0 Å². The summed E-state index contributed by atoms with van der Waals surface area (Å²) in [6, 6.07) is 0. The van der Waals surface area contributed by atoms with Gasteiger partial charge >= 0.3 is 0 Å². The zero-order valence-corrected chi connectivity index (χ0v) is 8.33. The van der Waals surface area contributed by atoms with E-state index in [0.717, 1.165) is 24.9 Å². The quantitative estimate of drug-likeness (QED) is 0.425. The Balaban J connectivity index is 0.000000845. The van der Waals surface area contributed by atoms with Crippen molar-refractivity contribution in [3.63, 3.8) is 0 Å². The van der Waals surface area contributed by atoms with Crippen LogP contribution in [0.2, 0.25) is 0 Å². The number of rotatable bonds is 3. The Morgan fingerprint density at radius 2 is 2.15 bits per heavy atom. The molecule has 2 atom stereocenters. The van der Waals surface area contributed by atoms with Crippen LogP contribution in [-0.4, -0.2) is 19.6 Å². The Morgan fingerprint density at radius 3 is 2.77 bits per heavy atom. The summed E-state index contributed by atoms with van der Waals surface area (Å²) in [5.41, 5.74) is 8.21. The van der Waals surface area contributed by atoms with E-state index in [0.29, 0.717) is 12.5 Å². The number of nitrogens with one attached hydrogen (secondary N) is 1. The van der Waals surface area contributed by atoms with Crippen molar-refractivity contribution >= 4 is 12.4 Å². The molecule has 1 aliphatic heterocycles. The van der Waals surface area contributed by atoms with E-state index in [1.807, 2.05) is 0 Å². The molecule has 1 saturated heterocycles. The molecule has 2 unspecified atom stereocenters. The third kappa shape index (κ3) is 2.50. The molecule has 1 saturated carbocycles. The fourth-order valence-electron chi connectivity index (χ4n) is 2.17. The van der Waals surface area contributed by atoms with Crippen molar-refractivity contribution in [2.24, 2.45) is 22.9 Å². The topological polar surface area (TPSA) is 60.8 Å². The molecule has 1 aliphatic carbocycles. The highest BCUT2D eigenvalue weighted by molar-refractivity contribution is 5.85. The maximum absolute atomic E-state index is 8.21. The molecule has 0 aromatic rings. The van der Waals surface area contributed by atoms with E-state index in [2.05, 4.69) is 15.3 Å². The second-order valence-electron chi connectivity index (χ2n) is 3.83. The van der Waals surface area contributed by atoms with Gasteiger partial charge in [0.25, 0.3) is 0 Å². The molecule has 2 aliphatic rings. The maximum atomic E-state index is 8.21. The lowest BCUT2D eigenvalue weighted by Crippen LogP contribution is -2.16. The van der Waals surface area contributed by atoms with Gasteiger partial charge in [0.05, 0.1) is 0 Å². The first-order valence-corrected chi connectivity index (χ1v) is 4.63. The molecule has 4 nitrogen and oxygen atoms in total. The van der Waals surface area contributed by atoms with Crippen molar-refractivity contribution in [1.82, 2.24) is 5.32 Å². The van der Waals surface area contributed by atoms with Crippen LogP contribution in [0, 0.1) is 17.8 Å². The number of azide groups is 1. The fraction of sp³-hybridized carbons (Fsp3) is 1.00. The van der Waals surface area contributed by atoms with Gasteiger partial charge in [-0.3, -0.25) is 0 Å². The molecule has 0 aromatic heterocycles. The van der Waals surface area contributed by atoms with Gasteiger partial charge in [-0.05, 0) is 49.2 Å². The molecular formula is C8H15ClN4. The average molecular weight is 203 g/mol. The van der Waals surface area contributed by atoms with E-state index < -0.39 is 0 Å². The Labute approximate surface area is 84.1 Å². The van der Waals surface area contributed by atoms with Crippen molar-refractivity contribution < 1.29 is 0 Å². The molecule has 2 rings (SSSR count). The highest BCUT2D eigenvalue weighted by Crippen LogP contribution is 2.41. The molecule has 0 radical (unpaired) electrons. The summed E-state index contributed by atoms with van der Waals surface area (Å²) in [4.78, 5) is 2.81. The van der Waals surface area contributed by atoms with Crippen molar-refractivity contribution in [3.8, 4) is 0 Å². The third-order valence-electron chi connectivity index (χ3n) is 3.00. The minimum absolute atomic E-state index is 0. The Hall–Kier alpha value is -0.440. The molecule has 74 valence electrons. The fourth-order valence-corrected chi connectivity index (χ4v) is 2.17. The van der Waals surface area contributed by atoms with Gasteiger partial charge in [0.2, 0.25) is 0 Å². The highest BCUT2D eigenvalue weighted by Gasteiger charge is 2.38. The molecule has 0 spiro atoms. The SMILES string of the molecule is Cl.[N-]=[N+]=NCC1CNCC1C1CC1. The zero-order valence-electron chi connectivity index (χ0n) is 7.52. The minimum Gasteiger partial charge on any atom is -0.316 e. The van der Waals surface area contributed by atoms with Crippen molar-refractivity contribution in [3.05, 3.63) is 10.4 Å². The summed E-state index contributed by atoms with van der Waals surface area (Å²) in [5.74, 6) is 2.32. The molecule has 13 heavy (non-hydrogen) atoms. The number of nitrogens with zero attached hydrogens (tertiary/aromatic N) is 3. The van der Waals surface area contributed by atoms with Crippen LogP contribution in [0.5, 0.6) is 0 Å². The van der Waals surface area contributed by atoms with Crippen LogP contribution in [0.25, 0.3) is 10.4 Å². The number of hydrogen-bond donors (Lipinski definition) is 1. The Kier molecular flexibility index (Phi) is 3.85. The molecule has 0 aromatic carbocycles. The van der Waals surface area contributed by atoms with Gasteiger partial charge in [0, 0.05) is 11.5 Å². The van der Waals surface area contributed by atoms with Gasteiger partial charge in [-0.15, -0.1) is 12.4 Å². The first kappa shape index (κ1) is 10.6. The molecule has 2 fully saturated rings. The van der Waals surface area contributed by atoms with E-state index in [4.69, 9.17) is 5.53 Å². The normalized spacial score (nSPS) is 32.0. The van der Waals surface area contributed by atoms with E-state index in [-0.39, 0.29) is 12.4 Å². The maximum Gasteiger partial charge on any atom is 0.0301 e. The summed E-state index contributed by atoms with van der Waals surface area (Å²) in [6.07, 6.45) is 2.78. The van der Waals surface area contributed by atoms with Gasteiger partial charge in [-0.2, -0.15) is 0 Å². The summed E-state index contributed by atoms with van der Waals surface area (Å²) >= 11 is 0. The van der Waals surface area contributed by atoms with Crippen LogP contribution in [0.1, 0.15) is 12.8 Å². The van der Waals surface area contributed by atoms with Crippen molar-refractivity contribution in [2.75, 3.05) is 19.6 Å². The first-order chi connectivity index (χ1) is 5.92. The van der Waals surface area contributed by atoms with Crippen LogP contribution in [0.15, 0.2) is 5.11 Å².